The first-order valence-electron chi connectivity index (χ1n) is 6.02. The van der Waals surface area contributed by atoms with E-state index in [0.717, 1.165) is 31.7 Å². The van der Waals surface area contributed by atoms with Gasteiger partial charge in [-0.3, -0.25) is 4.90 Å². The Balaban J connectivity index is 0.00000180. The van der Waals surface area contributed by atoms with Gasteiger partial charge in [0.1, 0.15) is 5.75 Å². The minimum absolute atomic E-state index is 0. The van der Waals surface area contributed by atoms with E-state index in [0.29, 0.717) is 11.4 Å². The van der Waals surface area contributed by atoms with Gasteiger partial charge in [0.2, 0.25) is 0 Å². The van der Waals surface area contributed by atoms with E-state index in [1.165, 1.54) is 0 Å². The molecule has 0 bridgehead atoms. The third-order valence-corrected chi connectivity index (χ3v) is 3.46. The van der Waals surface area contributed by atoms with Gasteiger partial charge in [-0.05, 0) is 18.2 Å². The molecule has 20 heavy (non-hydrogen) atoms. The second kappa shape index (κ2) is 9.28. The summed E-state index contributed by atoms with van der Waals surface area (Å²) >= 11 is 5.98. The maximum absolute atomic E-state index is 9.95. The molecule has 1 fully saturated rings. The van der Waals surface area contributed by atoms with Crippen LogP contribution in [0.5, 0.6) is 5.75 Å². The summed E-state index contributed by atoms with van der Waals surface area (Å²) in [5, 5.41) is 22.8. The molecule has 0 unspecified atom stereocenters. The molecule has 0 saturated carbocycles. The number of hydrogen-bond acceptors (Lipinski definition) is 4. The highest BCUT2D eigenvalue weighted by molar-refractivity contribution is 6.30. The number of phenols is 1. The zero-order valence-electron chi connectivity index (χ0n) is 10.9. The van der Waals surface area contributed by atoms with Gasteiger partial charge in [0, 0.05) is 36.8 Å². The van der Waals surface area contributed by atoms with Crippen LogP contribution in [0.1, 0.15) is 18.0 Å². The Morgan fingerprint density at radius 3 is 2.60 bits per heavy atom. The maximum Gasteiger partial charge on any atom is 0.120 e. The number of aromatic hydroxyl groups is 1. The van der Waals surface area contributed by atoms with Crippen LogP contribution in [0.25, 0.3) is 0 Å². The Hall–Kier alpha value is -0.700. The van der Waals surface area contributed by atoms with E-state index in [1.54, 1.807) is 18.2 Å². The van der Waals surface area contributed by atoms with Crippen molar-refractivity contribution in [2.45, 2.75) is 12.5 Å². The SMILES string of the molecule is Cl.Cl.N#CC[C@@H](c1cc(Cl)ccc1O)N1CCNCC1. The van der Waals surface area contributed by atoms with Gasteiger partial charge in [0.05, 0.1) is 18.5 Å². The molecule has 0 amide bonds. The minimum Gasteiger partial charge on any atom is -0.508 e. The van der Waals surface area contributed by atoms with E-state index in [1.807, 2.05) is 0 Å². The van der Waals surface area contributed by atoms with Gasteiger partial charge in [-0.15, -0.1) is 24.8 Å². The van der Waals surface area contributed by atoms with Crippen molar-refractivity contribution < 1.29 is 5.11 Å². The van der Waals surface area contributed by atoms with Crippen LogP contribution in [-0.2, 0) is 0 Å². The molecule has 112 valence electrons. The summed E-state index contributed by atoms with van der Waals surface area (Å²) in [5.41, 5.74) is 0.742. The molecule has 4 nitrogen and oxygen atoms in total. The summed E-state index contributed by atoms with van der Waals surface area (Å²) in [6.07, 6.45) is 0.355. The molecule has 0 aliphatic carbocycles. The third kappa shape index (κ3) is 4.69. The average Bonchev–Trinajstić information content (AvgIpc) is 2.40. The summed E-state index contributed by atoms with van der Waals surface area (Å²) in [6.45, 7) is 3.56. The molecule has 0 radical (unpaired) electrons. The van der Waals surface area contributed by atoms with E-state index in [4.69, 9.17) is 16.9 Å². The van der Waals surface area contributed by atoms with Gasteiger partial charge in [-0.2, -0.15) is 5.26 Å². The maximum atomic E-state index is 9.95. The lowest BCUT2D eigenvalue weighted by atomic mass is 10.0. The third-order valence-electron chi connectivity index (χ3n) is 3.23. The highest BCUT2D eigenvalue weighted by atomic mass is 35.5. The molecule has 0 spiro atoms. The number of hydrogen-bond donors (Lipinski definition) is 2. The molecule has 2 rings (SSSR count). The largest absolute Gasteiger partial charge is 0.508 e. The Labute approximate surface area is 136 Å². The molecular weight excluding hydrogens is 321 g/mol. The molecule has 2 N–H and O–H groups in total. The number of piperazine rings is 1. The predicted octanol–water partition coefficient (Wildman–Crippen LogP) is 2.75. The molecule has 1 aromatic carbocycles. The first-order valence-corrected chi connectivity index (χ1v) is 6.40. The zero-order valence-corrected chi connectivity index (χ0v) is 13.3. The van der Waals surface area contributed by atoms with Crippen molar-refractivity contribution in [3.63, 3.8) is 0 Å². The van der Waals surface area contributed by atoms with Crippen LogP contribution in [0.15, 0.2) is 18.2 Å². The van der Waals surface area contributed by atoms with E-state index in [-0.39, 0.29) is 36.6 Å². The van der Waals surface area contributed by atoms with Crippen molar-refractivity contribution in [3.05, 3.63) is 28.8 Å². The van der Waals surface area contributed by atoms with Crippen LogP contribution in [0.3, 0.4) is 0 Å². The monoisotopic (exact) mass is 337 g/mol. The van der Waals surface area contributed by atoms with Crippen LogP contribution >= 0.6 is 36.4 Å². The van der Waals surface area contributed by atoms with Crippen LogP contribution in [-0.4, -0.2) is 36.2 Å². The van der Waals surface area contributed by atoms with Crippen molar-refractivity contribution in [3.8, 4) is 11.8 Å². The highest BCUT2D eigenvalue weighted by Crippen LogP contribution is 2.33. The molecule has 1 aliphatic heterocycles. The summed E-state index contributed by atoms with van der Waals surface area (Å²) < 4.78 is 0. The molecule has 7 heteroatoms. The highest BCUT2D eigenvalue weighted by Gasteiger charge is 2.24. The molecule has 1 saturated heterocycles. The second-order valence-electron chi connectivity index (χ2n) is 4.37. The lowest BCUT2D eigenvalue weighted by Gasteiger charge is -2.34. The summed E-state index contributed by atoms with van der Waals surface area (Å²) in [7, 11) is 0. The van der Waals surface area contributed by atoms with E-state index >= 15 is 0 Å². The molecule has 1 aromatic rings. The van der Waals surface area contributed by atoms with E-state index < -0.39 is 0 Å². The average molecular weight is 339 g/mol. The van der Waals surface area contributed by atoms with Gasteiger partial charge in [0.25, 0.3) is 0 Å². The second-order valence-corrected chi connectivity index (χ2v) is 4.80. The van der Waals surface area contributed by atoms with Crippen LogP contribution < -0.4 is 5.32 Å². The van der Waals surface area contributed by atoms with E-state index in [2.05, 4.69) is 16.3 Å². The number of nitriles is 1. The first-order chi connectivity index (χ1) is 8.72. The van der Waals surface area contributed by atoms with Crippen molar-refractivity contribution in [2.24, 2.45) is 0 Å². The molecular formula is C13H18Cl3N3O. The van der Waals surface area contributed by atoms with E-state index in [9.17, 15) is 5.11 Å². The fraction of sp³-hybridized carbons (Fsp3) is 0.462. The van der Waals surface area contributed by atoms with Gasteiger partial charge in [0.15, 0.2) is 0 Å². The zero-order chi connectivity index (χ0) is 13.0. The summed E-state index contributed by atoms with van der Waals surface area (Å²) in [6, 6.07) is 7.10. The number of rotatable bonds is 3. The summed E-state index contributed by atoms with van der Waals surface area (Å²) in [4.78, 5) is 2.21. The first kappa shape index (κ1) is 19.3. The van der Waals surface area contributed by atoms with Crippen molar-refractivity contribution in [2.75, 3.05) is 26.2 Å². The number of benzene rings is 1. The predicted molar refractivity (Wildman–Crippen MR) is 85.0 cm³/mol. The van der Waals surface area contributed by atoms with Gasteiger partial charge in [-0.25, -0.2) is 0 Å². The van der Waals surface area contributed by atoms with Gasteiger partial charge < -0.3 is 10.4 Å². The van der Waals surface area contributed by atoms with Crippen LogP contribution in [0.2, 0.25) is 5.02 Å². The fourth-order valence-corrected chi connectivity index (χ4v) is 2.49. The van der Waals surface area contributed by atoms with Crippen molar-refractivity contribution in [1.29, 1.82) is 5.26 Å². The molecule has 0 aromatic heterocycles. The molecule has 1 heterocycles. The molecule has 1 atom stereocenters. The lowest BCUT2D eigenvalue weighted by molar-refractivity contribution is 0.173. The van der Waals surface area contributed by atoms with Crippen molar-refractivity contribution in [1.82, 2.24) is 10.2 Å². The minimum atomic E-state index is -0.0872. The molecule has 1 aliphatic rings. The van der Waals surface area contributed by atoms with Gasteiger partial charge >= 0.3 is 0 Å². The van der Waals surface area contributed by atoms with Gasteiger partial charge in [-0.1, -0.05) is 11.6 Å². The topological polar surface area (TPSA) is 59.3 Å². The Bertz CT molecular complexity index is 459. The normalized spacial score (nSPS) is 16.4. The quantitative estimate of drug-likeness (QED) is 0.889. The Morgan fingerprint density at radius 2 is 2.00 bits per heavy atom. The smallest absolute Gasteiger partial charge is 0.120 e. The Kier molecular flexibility index (Phi) is 8.95. The Morgan fingerprint density at radius 1 is 1.35 bits per heavy atom. The standard InChI is InChI=1S/C13H16ClN3O.2ClH/c14-10-1-2-13(18)11(9-10)12(3-4-15)17-7-5-16-6-8-17;;/h1-2,9,12,16,18H,3,5-8H2;2*1H/t12-;;/m0../s1. The number of nitrogens with one attached hydrogen (secondary N) is 1. The number of phenolic OH excluding ortho intramolecular Hbond substituents is 1. The lowest BCUT2D eigenvalue weighted by Crippen LogP contribution is -2.45. The van der Waals surface area contributed by atoms with Crippen molar-refractivity contribution >= 4 is 36.4 Å². The number of nitrogens with zero attached hydrogens (tertiary/aromatic N) is 2. The van der Waals surface area contributed by atoms with Crippen LogP contribution in [0, 0.1) is 11.3 Å². The van der Waals surface area contributed by atoms with Crippen LogP contribution in [0.4, 0.5) is 0 Å². The summed E-state index contributed by atoms with van der Waals surface area (Å²) in [5.74, 6) is 0.207. The fourth-order valence-electron chi connectivity index (χ4n) is 2.31. The number of halogens is 3.